The summed E-state index contributed by atoms with van der Waals surface area (Å²) in [7, 11) is 0. The number of thioether (sulfide) groups is 1. The first kappa shape index (κ1) is 9.93. The van der Waals surface area contributed by atoms with Gasteiger partial charge >= 0.3 is 0 Å². The number of hydrogen-bond acceptors (Lipinski definition) is 2. The lowest BCUT2D eigenvalue weighted by Crippen LogP contribution is -2.03. The molecule has 0 fully saturated rings. The van der Waals surface area contributed by atoms with Gasteiger partial charge in [-0.3, -0.25) is 0 Å². The number of aliphatic hydroxyl groups excluding tert-OH is 1. The molecule has 1 atom stereocenters. The van der Waals surface area contributed by atoms with Crippen molar-refractivity contribution in [3.63, 3.8) is 0 Å². The molecule has 1 aliphatic heterocycles. The third kappa shape index (κ3) is 1.64. The first-order valence-electron chi connectivity index (χ1n) is 4.42. The predicted molar refractivity (Wildman–Crippen MR) is 52.1 cm³/mol. The quantitative estimate of drug-likeness (QED) is 0.719. The molecule has 4 heteroatoms. The van der Waals surface area contributed by atoms with E-state index >= 15 is 0 Å². The first-order valence-corrected chi connectivity index (χ1v) is 5.58. The predicted octanol–water partition coefficient (Wildman–Crippen LogP) is 2.64. The van der Waals surface area contributed by atoms with Crippen molar-refractivity contribution in [1.82, 2.24) is 0 Å². The largest absolute Gasteiger partial charge is 0.388 e. The Labute approximate surface area is 85.1 Å². The first-order chi connectivity index (χ1) is 6.70. The summed E-state index contributed by atoms with van der Waals surface area (Å²) < 4.78 is 26.2. The van der Waals surface area contributed by atoms with E-state index in [1.807, 2.05) is 0 Å². The second kappa shape index (κ2) is 3.87. The van der Waals surface area contributed by atoms with Gasteiger partial charge in [-0.1, -0.05) is 6.07 Å². The van der Waals surface area contributed by atoms with Crippen molar-refractivity contribution >= 4 is 11.8 Å². The van der Waals surface area contributed by atoms with E-state index in [4.69, 9.17) is 0 Å². The second-order valence-electron chi connectivity index (χ2n) is 3.29. The third-order valence-electron chi connectivity index (χ3n) is 2.37. The standard InChI is InChI=1S/C10H10F2OS/c11-8-2-1-6-7(10(8)12)5-14-4-3-9(6)13/h1-2,9,13H,3-5H2/t9-/m0/s1. The van der Waals surface area contributed by atoms with Gasteiger partial charge in [0.1, 0.15) is 0 Å². The van der Waals surface area contributed by atoms with Gasteiger partial charge in [-0.25, -0.2) is 8.78 Å². The van der Waals surface area contributed by atoms with Crippen molar-refractivity contribution < 1.29 is 13.9 Å². The maximum absolute atomic E-state index is 13.3. The van der Waals surface area contributed by atoms with Crippen LogP contribution >= 0.6 is 11.8 Å². The van der Waals surface area contributed by atoms with E-state index in [0.717, 1.165) is 11.8 Å². The lowest BCUT2D eigenvalue weighted by atomic mass is 10.0. The molecule has 0 unspecified atom stereocenters. The lowest BCUT2D eigenvalue weighted by molar-refractivity contribution is 0.174. The summed E-state index contributed by atoms with van der Waals surface area (Å²) in [6.45, 7) is 0. The molecule has 1 nitrogen and oxygen atoms in total. The van der Waals surface area contributed by atoms with Gasteiger partial charge in [0.25, 0.3) is 0 Å². The second-order valence-corrected chi connectivity index (χ2v) is 4.39. The highest BCUT2D eigenvalue weighted by Crippen LogP contribution is 2.32. The van der Waals surface area contributed by atoms with E-state index < -0.39 is 17.7 Å². The van der Waals surface area contributed by atoms with Crippen molar-refractivity contribution in [3.8, 4) is 0 Å². The fourth-order valence-electron chi connectivity index (χ4n) is 1.59. The van der Waals surface area contributed by atoms with Gasteiger partial charge in [-0.05, 0) is 23.8 Å². The number of halogens is 2. The molecule has 1 heterocycles. The molecule has 0 saturated heterocycles. The molecule has 0 radical (unpaired) electrons. The van der Waals surface area contributed by atoms with Gasteiger partial charge in [0.15, 0.2) is 11.6 Å². The molecule has 0 spiro atoms. The Kier molecular flexibility index (Phi) is 2.74. The van der Waals surface area contributed by atoms with Gasteiger partial charge in [-0.2, -0.15) is 11.8 Å². The minimum Gasteiger partial charge on any atom is -0.388 e. The van der Waals surface area contributed by atoms with Crippen LogP contribution in [0, 0.1) is 11.6 Å². The summed E-state index contributed by atoms with van der Waals surface area (Å²) in [4.78, 5) is 0. The molecule has 14 heavy (non-hydrogen) atoms. The molecule has 0 saturated carbocycles. The third-order valence-corrected chi connectivity index (χ3v) is 3.39. The summed E-state index contributed by atoms with van der Waals surface area (Å²) in [5.74, 6) is -0.429. The minimum absolute atomic E-state index is 0.319. The van der Waals surface area contributed by atoms with E-state index in [2.05, 4.69) is 0 Å². The average molecular weight is 216 g/mol. The molecule has 1 aliphatic rings. The topological polar surface area (TPSA) is 20.2 Å². The van der Waals surface area contributed by atoms with Gasteiger partial charge in [-0.15, -0.1) is 0 Å². The summed E-state index contributed by atoms with van der Waals surface area (Å²) in [5, 5.41) is 9.65. The Bertz CT molecular complexity index is 354. The normalized spacial score (nSPS) is 21.5. The van der Waals surface area contributed by atoms with E-state index in [-0.39, 0.29) is 0 Å². The summed E-state index contributed by atoms with van der Waals surface area (Å²) in [6.07, 6.45) is -0.0574. The van der Waals surface area contributed by atoms with Crippen LogP contribution in [0.1, 0.15) is 23.7 Å². The maximum Gasteiger partial charge on any atom is 0.163 e. The van der Waals surface area contributed by atoms with Crippen molar-refractivity contribution in [3.05, 3.63) is 34.9 Å². The summed E-state index contributed by atoms with van der Waals surface area (Å²) in [6, 6.07) is 2.55. The summed E-state index contributed by atoms with van der Waals surface area (Å²) in [5.41, 5.74) is 0.855. The van der Waals surface area contributed by atoms with Crippen molar-refractivity contribution in [2.75, 3.05) is 5.75 Å². The van der Waals surface area contributed by atoms with Crippen molar-refractivity contribution in [2.45, 2.75) is 18.3 Å². The SMILES string of the molecule is O[C@H]1CCSCc2c1ccc(F)c2F. The Hall–Kier alpha value is -0.610. The van der Waals surface area contributed by atoms with E-state index in [1.165, 1.54) is 17.8 Å². The fourth-order valence-corrected chi connectivity index (χ4v) is 2.62. The molecule has 2 rings (SSSR count). The smallest absolute Gasteiger partial charge is 0.163 e. The molecule has 0 amide bonds. The highest BCUT2D eigenvalue weighted by atomic mass is 32.2. The van der Waals surface area contributed by atoms with Crippen LogP contribution in [0.3, 0.4) is 0 Å². The van der Waals surface area contributed by atoms with Crippen LogP contribution in [0.25, 0.3) is 0 Å². The zero-order chi connectivity index (χ0) is 10.1. The number of hydrogen-bond donors (Lipinski definition) is 1. The number of aliphatic hydroxyl groups is 1. The van der Waals surface area contributed by atoms with E-state index in [0.29, 0.717) is 23.3 Å². The van der Waals surface area contributed by atoms with E-state index in [1.54, 1.807) is 0 Å². The minimum atomic E-state index is -0.835. The summed E-state index contributed by atoms with van der Waals surface area (Å²) >= 11 is 1.52. The maximum atomic E-state index is 13.3. The fraction of sp³-hybridized carbons (Fsp3) is 0.400. The van der Waals surface area contributed by atoms with Crippen LogP contribution < -0.4 is 0 Å². The van der Waals surface area contributed by atoms with Crippen molar-refractivity contribution in [1.29, 1.82) is 0 Å². The zero-order valence-corrected chi connectivity index (χ0v) is 8.28. The Morgan fingerprint density at radius 2 is 2.14 bits per heavy atom. The molecule has 0 aromatic heterocycles. The highest BCUT2D eigenvalue weighted by Gasteiger charge is 2.21. The van der Waals surface area contributed by atoms with Crippen molar-refractivity contribution in [2.24, 2.45) is 0 Å². The Morgan fingerprint density at radius 3 is 2.93 bits per heavy atom. The zero-order valence-electron chi connectivity index (χ0n) is 7.46. The molecular formula is C10H10F2OS. The van der Waals surface area contributed by atoms with Gasteiger partial charge < -0.3 is 5.11 Å². The van der Waals surface area contributed by atoms with Gasteiger partial charge in [0, 0.05) is 11.3 Å². The number of benzene rings is 1. The Balaban J connectivity index is 2.53. The van der Waals surface area contributed by atoms with Crippen LogP contribution in [-0.4, -0.2) is 10.9 Å². The average Bonchev–Trinajstić information content (AvgIpc) is 2.35. The molecule has 0 bridgehead atoms. The van der Waals surface area contributed by atoms with E-state index in [9.17, 15) is 13.9 Å². The molecule has 1 N–H and O–H groups in total. The van der Waals surface area contributed by atoms with Crippen LogP contribution in [0.15, 0.2) is 12.1 Å². The number of rotatable bonds is 0. The van der Waals surface area contributed by atoms with Gasteiger partial charge in [0.2, 0.25) is 0 Å². The molecule has 1 aromatic carbocycles. The molecule has 76 valence electrons. The highest BCUT2D eigenvalue weighted by molar-refractivity contribution is 7.98. The molecule has 0 aliphatic carbocycles. The van der Waals surface area contributed by atoms with Crippen LogP contribution in [0.5, 0.6) is 0 Å². The Morgan fingerprint density at radius 1 is 1.36 bits per heavy atom. The molecule has 1 aromatic rings. The van der Waals surface area contributed by atoms with Gasteiger partial charge in [0.05, 0.1) is 6.10 Å². The monoisotopic (exact) mass is 216 g/mol. The molecular weight excluding hydrogens is 206 g/mol. The van der Waals surface area contributed by atoms with Crippen LogP contribution in [0.4, 0.5) is 8.78 Å². The van der Waals surface area contributed by atoms with Crippen LogP contribution in [0.2, 0.25) is 0 Å². The lowest BCUT2D eigenvalue weighted by Gasteiger charge is -2.11. The van der Waals surface area contributed by atoms with Crippen LogP contribution in [-0.2, 0) is 5.75 Å². The number of fused-ring (bicyclic) bond motifs is 1.